The second-order valence-electron chi connectivity index (χ2n) is 6.38. The molecule has 0 aromatic heterocycles. The van der Waals surface area contributed by atoms with Gasteiger partial charge in [0.2, 0.25) is 11.3 Å². The lowest BCUT2D eigenvalue weighted by Gasteiger charge is -2.25. The number of aliphatic hydroxyl groups excluding tert-OH is 1. The fraction of sp³-hybridized carbons (Fsp3) is 0.412. The van der Waals surface area contributed by atoms with Crippen LogP contribution in [0.3, 0.4) is 0 Å². The maximum absolute atomic E-state index is 12.5. The van der Waals surface area contributed by atoms with Crippen molar-refractivity contribution in [3.05, 3.63) is 53.0 Å². The lowest BCUT2D eigenvalue weighted by molar-refractivity contribution is -0.159. The molecule has 0 aliphatic heterocycles. The molecule has 1 aromatic rings. The highest BCUT2D eigenvalue weighted by Gasteiger charge is 2.29. The number of hydrogen-bond acceptors (Lipinski definition) is 6. The van der Waals surface area contributed by atoms with Crippen molar-refractivity contribution in [3.8, 4) is 0 Å². The average molecular weight is 347 g/mol. The number of ether oxygens (including phenoxy) is 1. The van der Waals surface area contributed by atoms with Gasteiger partial charge < -0.3 is 20.5 Å². The van der Waals surface area contributed by atoms with E-state index < -0.39 is 35.4 Å². The summed E-state index contributed by atoms with van der Waals surface area (Å²) >= 11 is 0. The minimum Gasteiger partial charge on any atom is -0.490 e. The molecular formula is C17H23N4O4+. The highest BCUT2D eigenvalue weighted by Crippen LogP contribution is 2.18. The molecule has 1 rings (SSSR count). The first kappa shape index (κ1) is 20.0. The van der Waals surface area contributed by atoms with Gasteiger partial charge in [0.05, 0.1) is 0 Å². The van der Waals surface area contributed by atoms with Crippen LogP contribution in [0.2, 0.25) is 0 Å². The number of carbonyl (C=O) groups is 2. The number of carbonyl (C=O) groups excluding carboxylic acids is 2. The van der Waals surface area contributed by atoms with Crippen LogP contribution in [0.5, 0.6) is 0 Å². The fourth-order valence-electron chi connectivity index (χ4n) is 1.93. The number of rotatable bonds is 6. The quantitative estimate of drug-likeness (QED) is 0.413. The Balaban J connectivity index is 2.94. The van der Waals surface area contributed by atoms with Gasteiger partial charge in [0.1, 0.15) is 11.6 Å². The zero-order chi connectivity index (χ0) is 19.0. The van der Waals surface area contributed by atoms with Crippen molar-refractivity contribution in [3.63, 3.8) is 0 Å². The molecule has 0 heterocycles. The van der Waals surface area contributed by atoms with E-state index in [1.807, 2.05) is 0 Å². The summed E-state index contributed by atoms with van der Waals surface area (Å²) in [4.78, 5) is 27.4. The molecular weight excluding hydrogens is 324 g/mol. The fourth-order valence-corrected chi connectivity index (χ4v) is 1.93. The summed E-state index contributed by atoms with van der Waals surface area (Å²) in [5.74, 6) is -1.62. The number of nitrogens with zero attached hydrogens (tertiary/aromatic N) is 2. The van der Waals surface area contributed by atoms with Gasteiger partial charge in [-0.1, -0.05) is 30.3 Å². The van der Waals surface area contributed by atoms with Crippen molar-refractivity contribution in [2.24, 2.45) is 0 Å². The summed E-state index contributed by atoms with van der Waals surface area (Å²) in [6, 6.07) is 6.82. The van der Waals surface area contributed by atoms with E-state index in [0.717, 1.165) is 6.20 Å². The van der Waals surface area contributed by atoms with Crippen molar-refractivity contribution in [2.45, 2.75) is 45.4 Å². The lowest BCUT2D eigenvalue weighted by Crippen LogP contribution is -2.46. The van der Waals surface area contributed by atoms with Crippen molar-refractivity contribution in [1.82, 2.24) is 10.6 Å². The maximum Gasteiger partial charge on any atom is 0.409 e. The van der Waals surface area contributed by atoms with Gasteiger partial charge in [-0.2, -0.15) is 0 Å². The van der Waals surface area contributed by atoms with E-state index in [9.17, 15) is 14.7 Å². The third-order valence-electron chi connectivity index (χ3n) is 3.00. The van der Waals surface area contributed by atoms with Crippen LogP contribution in [0.1, 0.15) is 39.3 Å². The molecule has 0 fully saturated rings. The van der Waals surface area contributed by atoms with Crippen molar-refractivity contribution < 1.29 is 19.4 Å². The summed E-state index contributed by atoms with van der Waals surface area (Å²) < 4.78 is 5.37. The Kier molecular flexibility index (Phi) is 6.93. The third kappa shape index (κ3) is 6.91. The predicted octanol–water partition coefficient (Wildman–Crippen LogP) is 2.37. The standard InChI is InChI=1S/C17H22N4O4/c1-11(20-13(22)10-19-18)15(23)21-14(12-8-6-5-7-9-12)16(24)25-17(2,3)4/h5-11,14,20H,1-4H3,(H-,21,22,23)/p+1/b13-10-/t11-,14-/m0/s1. The third-order valence-corrected chi connectivity index (χ3v) is 3.00. The van der Waals surface area contributed by atoms with E-state index in [2.05, 4.69) is 15.6 Å². The van der Waals surface area contributed by atoms with Gasteiger partial charge in [0.25, 0.3) is 5.88 Å². The zero-order valence-electron chi connectivity index (χ0n) is 14.7. The Morgan fingerprint density at radius 1 is 1.24 bits per heavy atom. The Labute approximate surface area is 146 Å². The smallest absolute Gasteiger partial charge is 0.409 e. The number of esters is 1. The molecule has 0 unspecified atom stereocenters. The topological polar surface area (TPSA) is 116 Å². The Morgan fingerprint density at radius 3 is 2.36 bits per heavy atom. The van der Waals surface area contributed by atoms with Crippen LogP contribution in [0, 0.1) is 5.39 Å². The summed E-state index contributed by atoms with van der Waals surface area (Å²) in [5.41, 5.74) is -0.134. The number of aliphatic hydroxyl groups is 1. The van der Waals surface area contributed by atoms with Crippen LogP contribution in [0.15, 0.2) is 42.4 Å². The average Bonchev–Trinajstić information content (AvgIpc) is 2.51. The first-order valence-corrected chi connectivity index (χ1v) is 7.72. The van der Waals surface area contributed by atoms with Crippen LogP contribution in [0.25, 0.3) is 4.98 Å². The number of amides is 1. The number of nitrogens with one attached hydrogen (secondary N) is 2. The first-order valence-electron chi connectivity index (χ1n) is 7.72. The van der Waals surface area contributed by atoms with Gasteiger partial charge in [-0.3, -0.25) is 4.79 Å². The number of benzene rings is 1. The van der Waals surface area contributed by atoms with Gasteiger partial charge in [-0.25, -0.2) is 4.79 Å². The monoisotopic (exact) mass is 347 g/mol. The first-order chi connectivity index (χ1) is 11.6. The molecule has 0 aliphatic rings. The molecule has 25 heavy (non-hydrogen) atoms. The summed E-state index contributed by atoms with van der Waals surface area (Å²) in [6.45, 7) is 6.69. The van der Waals surface area contributed by atoms with E-state index in [1.165, 1.54) is 6.92 Å². The molecule has 0 saturated carbocycles. The van der Waals surface area contributed by atoms with Gasteiger partial charge in [-0.05, 0) is 33.3 Å². The summed E-state index contributed by atoms with van der Waals surface area (Å²) in [5, 5.41) is 22.8. The minimum absolute atomic E-state index is 0.487. The van der Waals surface area contributed by atoms with E-state index in [0.29, 0.717) is 5.56 Å². The molecule has 0 bridgehead atoms. The molecule has 1 amide bonds. The SMILES string of the molecule is C[C@H](N/C(O)=C/[N+]#N)C(=O)N[C@H](C(=O)OC(C)(C)C)c1ccccc1. The number of diazo groups is 1. The Morgan fingerprint density at radius 2 is 1.84 bits per heavy atom. The number of hydrogen-bond donors (Lipinski definition) is 3. The maximum atomic E-state index is 12.5. The Bertz CT molecular complexity index is 674. The van der Waals surface area contributed by atoms with Crippen molar-refractivity contribution in [2.75, 3.05) is 0 Å². The highest BCUT2D eigenvalue weighted by atomic mass is 16.6. The molecule has 8 heteroatoms. The lowest BCUT2D eigenvalue weighted by atomic mass is 10.1. The molecule has 0 radical (unpaired) electrons. The summed E-state index contributed by atoms with van der Waals surface area (Å²) in [7, 11) is 0. The van der Waals surface area contributed by atoms with Crippen LogP contribution >= 0.6 is 0 Å². The molecule has 2 atom stereocenters. The van der Waals surface area contributed by atoms with Crippen molar-refractivity contribution in [1.29, 1.82) is 5.39 Å². The van der Waals surface area contributed by atoms with Crippen LogP contribution < -0.4 is 10.6 Å². The Hall–Kier alpha value is -3.08. The van der Waals surface area contributed by atoms with E-state index in [4.69, 9.17) is 10.1 Å². The van der Waals surface area contributed by atoms with Gasteiger partial charge in [0, 0.05) is 0 Å². The van der Waals surface area contributed by atoms with E-state index in [-0.39, 0.29) is 0 Å². The molecule has 0 aliphatic carbocycles. The van der Waals surface area contributed by atoms with E-state index >= 15 is 0 Å². The normalized spacial score (nSPS) is 14.0. The van der Waals surface area contributed by atoms with Gasteiger partial charge >= 0.3 is 12.2 Å². The molecule has 8 nitrogen and oxygen atoms in total. The second-order valence-corrected chi connectivity index (χ2v) is 6.38. The van der Waals surface area contributed by atoms with Crippen molar-refractivity contribution >= 4 is 11.9 Å². The molecule has 1 aromatic carbocycles. The van der Waals surface area contributed by atoms with Crippen LogP contribution in [-0.4, -0.2) is 28.6 Å². The highest BCUT2D eigenvalue weighted by molar-refractivity contribution is 5.88. The van der Waals surface area contributed by atoms with E-state index in [1.54, 1.807) is 51.1 Å². The molecule has 0 saturated heterocycles. The molecule has 3 N–H and O–H groups in total. The minimum atomic E-state index is -0.995. The zero-order valence-corrected chi connectivity index (χ0v) is 14.7. The second kappa shape index (κ2) is 8.68. The van der Waals surface area contributed by atoms with Gasteiger partial charge in [0.15, 0.2) is 11.0 Å². The van der Waals surface area contributed by atoms with Crippen LogP contribution in [-0.2, 0) is 14.3 Å². The predicted molar refractivity (Wildman–Crippen MR) is 91.6 cm³/mol. The van der Waals surface area contributed by atoms with Gasteiger partial charge in [-0.15, -0.1) is 0 Å². The molecule has 134 valence electrons. The summed E-state index contributed by atoms with van der Waals surface area (Å²) in [6.07, 6.45) is 0.742. The van der Waals surface area contributed by atoms with Crippen LogP contribution in [0.4, 0.5) is 0 Å². The molecule has 0 spiro atoms. The largest absolute Gasteiger partial charge is 0.490 e.